The number of anilines is 1. The van der Waals surface area contributed by atoms with Gasteiger partial charge in [-0.05, 0) is 6.42 Å². The van der Waals surface area contributed by atoms with Gasteiger partial charge in [0, 0.05) is 26.4 Å². The molecule has 0 aliphatic rings. The molecule has 0 saturated heterocycles. The van der Waals surface area contributed by atoms with E-state index in [2.05, 4.69) is 10.2 Å². The molecule has 1 aromatic heterocycles. The van der Waals surface area contributed by atoms with Crippen molar-refractivity contribution in [3.05, 3.63) is 11.8 Å². The molecule has 0 atom stereocenters. The molecule has 7 heteroatoms. The molecule has 0 aliphatic carbocycles. The summed E-state index contributed by atoms with van der Waals surface area (Å²) in [6.45, 7) is 1.80. The van der Waals surface area contributed by atoms with Crippen LogP contribution in [0.5, 0.6) is 0 Å². The number of hydrogen-bond acceptors (Lipinski definition) is 6. The number of H-pyrrole nitrogens is 1. The highest BCUT2D eigenvalue weighted by molar-refractivity contribution is 5.87. The molecule has 3 N–H and O–H groups in total. The first-order valence-corrected chi connectivity index (χ1v) is 5.28. The fourth-order valence-corrected chi connectivity index (χ4v) is 1.12. The van der Waals surface area contributed by atoms with Gasteiger partial charge in [-0.3, -0.25) is 5.10 Å². The first kappa shape index (κ1) is 13.5. The molecule has 0 aromatic carbocycles. The van der Waals surface area contributed by atoms with Gasteiger partial charge in [-0.2, -0.15) is 5.10 Å². The van der Waals surface area contributed by atoms with Gasteiger partial charge in [0.15, 0.2) is 0 Å². The van der Waals surface area contributed by atoms with Gasteiger partial charge in [-0.1, -0.05) is 0 Å². The Hall–Kier alpha value is -1.60. The van der Waals surface area contributed by atoms with Gasteiger partial charge in [-0.15, -0.1) is 0 Å². The number of nitrogens with one attached hydrogen (secondary N) is 1. The third-order valence-electron chi connectivity index (χ3n) is 1.92. The van der Waals surface area contributed by atoms with Crippen molar-refractivity contribution in [2.24, 2.45) is 0 Å². The van der Waals surface area contributed by atoms with Crippen LogP contribution in [0.4, 0.5) is 5.82 Å². The quantitative estimate of drug-likeness (QED) is 0.500. The Balaban J connectivity index is 2.05. The minimum Gasteiger partial charge on any atom is -0.459 e. The fourth-order valence-electron chi connectivity index (χ4n) is 1.12. The maximum Gasteiger partial charge on any atom is 0.356 e. The van der Waals surface area contributed by atoms with E-state index in [9.17, 15) is 4.79 Å². The van der Waals surface area contributed by atoms with Crippen molar-refractivity contribution in [2.45, 2.75) is 6.42 Å². The topological polar surface area (TPSA) is 99.5 Å². The van der Waals surface area contributed by atoms with E-state index in [1.807, 2.05) is 0 Å². The first-order chi connectivity index (χ1) is 8.24. The van der Waals surface area contributed by atoms with E-state index < -0.39 is 5.97 Å². The molecule has 0 unspecified atom stereocenters. The number of nitrogens with two attached hydrogens (primary N) is 1. The Labute approximate surface area is 99.2 Å². The second-order valence-electron chi connectivity index (χ2n) is 3.30. The Kier molecular flexibility index (Phi) is 6.05. The molecule has 1 rings (SSSR count). The average Bonchev–Trinajstić information content (AvgIpc) is 2.74. The summed E-state index contributed by atoms with van der Waals surface area (Å²) in [4.78, 5) is 11.4. The second kappa shape index (κ2) is 7.64. The summed E-state index contributed by atoms with van der Waals surface area (Å²) in [5.74, 6) is -0.234. The van der Waals surface area contributed by atoms with Crippen molar-refractivity contribution < 1.29 is 19.0 Å². The standard InChI is InChI=1S/C10H17N3O4/c1-15-3-2-4-16-5-6-17-10(14)8-7-9(11)13-12-8/h7H,2-6H2,1H3,(H3,11,12,13). The molecule has 0 amide bonds. The predicted octanol–water partition coefficient (Wildman–Crippen LogP) is 0.202. The summed E-state index contributed by atoms with van der Waals surface area (Å²) in [5, 5.41) is 6.09. The number of carbonyl (C=O) groups excluding carboxylic acids is 1. The van der Waals surface area contributed by atoms with Gasteiger partial charge >= 0.3 is 5.97 Å². The smallest absolute Gasteiger partial charge is 0.356 e. The van der Waals surface area contributed by atoms with Crippen molar-refractivity contribution in [1.82, 2.24) is 10.2 Å². The summed E-state index contributed by atoms with van der Waals surface area (Å²) < 4.78 is 15.0. The van der Waals surface area contributed by atoms with Crippen molar-refractivity contribution in [2.75, 3.05) is 39.3 Å². The zero-order valence-corrected chi connectivity index (χ0v) is 9.77. The van der Waals surface area contributed by atoms with Gasteiger partial charge in [0.2, 0.25) is 0 Å². The fraction of sp³-hybridized carbons (Fsp3) is 0.600. The molecule has 0 radical (unpaired) electrons. The largest absolute Gasteiger partial charge is 0.459 e. The van der Waals surface area contributed by atoms with Crippen molar-refractivity contribution in [3.8, 4) is 0 Å². The van der Waals surface area contributed by atoms with Gasteiger partial charge in [0.25, 0.3) is 0 Å². The maximum absolute atomic E-state index is 11.4. The minimum atomic E-state index is -0.491. The lowest BCUT2D eigenvalue weighted by atomic mass is 10.4. The molecule has 0 fully saturated rings. The molecule has 96 valence electrons. The number of methoxy groups -OCH3 is 1. The Morgan fingerprint density at radius 2 is 2.24 bits per heavy atom. The third kappa shape index (κ3) is 5.32. The van der Waals surface area contributed by atoms with Crippen LogP contribution in [0.2, 0.25) is 0 Å². The van der Waals surface area contributed by atoms with Crippen LogP contribution in [0.3, 0.4) is 0 Å². The molecule has 0 saturated carbocycles. The number of rotatable bonds is 8. The summed E-state index contributed by atoms with van der Waals surface area (Å²) in [7, 11) is 1.64. The predicted molar refractivity (Wildman–Crippen MR) is 60.6 cm³/mol. The molecular formula is C10H17N3O4. The molecule has 7 nitrogen and oxygen atoms in total. The van der Waals surface area contributed by atoms with E-state index in [1.54, 1.807) is 7.11 Å². The molecule has 1 aromatic rings. The maximum atomic E-state index is 11.4. The highest BCUT2D eigenvalue weighted by Crippen LogP contribution is 2.01. The van der Waals surface area contributed by atoms with Crippen LogP contribution in [-0.2, 0) is 14.2 Å². The van der Waals surface area contributed by atoms with Gasteiger partial charge in [0.1, 0.15) is 18.1 Å². The number of nitrogen functional groups attached to an aromatic ring is 1. The Morgan fingerprint density at radius 3 is 2.88 bits per heavy atom. The van der Waals surface area contributed by atoms with Crippen molar-refractivity contribution in [3.63, 3.8) is 0 Å². The highest BCUT2D eigenvalue weighted by atomic mass is 16.6. The summed E-state index contributed by atoms with van der Waals surface area (Å²) >= 11 is 0. The summed E-state index contributed by atoms with van der Waals surface area (Å²) in [6.07, 6.45) is 0.821. The Morgan fingerprint density at radius 1 is 1.41 bits per heavy atom. The molecule has 0 aliphatic heterocycles. The minimum absolute atomic E-state index is 0.199. The van der Waals surface area contributed by atoms with Crippen LogP contribution >= 0.6 is 0 Å². The monoisotopic (exact) mass is 243 g/mol. The first-order valence-electron chi connectivity index (χ1n) is 5.28. The SMILES string of the molecule is COCCCOCCOC(=O)c1cc(N)n[nH]1. The number of aromatic nitrogens is 2. The molecule has 1 heterocycles. The molecule has 0 spiro atoms. The summed E-state index contributed by atoms with van der Waals surface area (Å²) in [5.41, 5.74) is 5.59. The molecule has 17 heavy (non-hydrogen) atoms. The number of aromatic amines is 1. The van der Waals surface area contributed by atoms with E-state index in [4.69, 9.17) is 19.9 Å². The third-order valence-corrected chi connectivity index (χ3v) is 1.92. The lowest BCUT2D eigenvalue weighted by Crippen LogP contribution is -2.12. The van der Waals surface area contributed by atoms with Crippen LogP contribution in [0.15, 0.2) is 6.07 Å². The summed E-state index contributed by atoms with van der Waals surface area (Å²) in [6, 6.07) is 1.42. The van der Waals surface area contributed by atoms with Gasteiger partial charge in [0.05, 0.1) is 6.61 Å². The normalized spacial score (nSPS) is 10.4. The number of hydrogen-bond donors (Lipinski definition) is 2. The second-order valence-corrected chi connectivity index (χ2v) is 3.30. The number of ether oxygens (including phenoxy) is 3. The van der Waals surface area contributed by atoms with E-state index >= 15 is 0 Å². The van der Waals surface area contributed by atoms with E-state index in [-0.39, 0.29) is 18.1 Å². The van der Waals surface area contributed by atoms with Crippen molar-refractivity contribution >= 4 is 11.8 Å². The Bertz CT molecular complexity index is 340. The van der Waals surface area contributed by atoms with Crippen LogP contribution in [0.1, 0.15) is 16.9 Å². The van der Waals surface area contributed by atoms with E-state index in [0.717, 1.165) is 6.42 Å². The lowest BCUT2D eigenvalue weighted by molar-refractivity contribution is 0.0283. The van der Waals surface area contributed by atoms with Crippen LogP contribution in [0, 0.1) is 0 Å². The van der Waals surface area contributed by atoms with Crippen LogP contribution in [-0.4, -0.2) is 49.7 Å². The van der Waals surface area contributed by atoms with Crippen LogP contribution in [0.25, 0.3) is 0 Å². The molecule has 0 bridgehead atoms. The van der Waals surface area contributed by atoms with Gasteiger partial charge < -0.3 is 19.9 Å². The number of carbonyl (C=O) groups is 1. The average molecular weight is 243 g/mol. The van der Waals surface area contributed by atoms with Crippen molar-refractivity contribution in [1.29, 1.82) is 0 Å². The van der Waals surface area contributed by atoms with Crippen LogP contribution < -0.4 is 5.73 Å². The zero-order chi connectivity index (χ0) is 12.5. The van der Waals surface area contributed by atoms with Gasteiger partial charge in [-0.25, -0.2) is 4.79 Å². The zero-order valence-electron chi connectivity index (χ0n) is 9.77. The van der Waals surface area contributed by atoms with E-state index in [0.29, 0.717) is 19.8 Å². The lowest BCUT2D eigenvalue weighted by Gasteiger charge is -2.04. The van der Waals surface area contributed by atoms with E-state index in [1.165, 1.54) is 6.07 Å². The number of esters is 1. The number of nitrogens with zero attached hydrogens (tertiary/aromatic N) is 1. The molecular weight excluding hydrogens is 226 g/mol. The highest BCUT2D eigenvalue weighted by Gasteiger charge is 2.09.